The smallest absolute Gasteiger partial charge is 0.334 e. The molecule has 0 heterocycles. The fourth-order valence-electron chi connectivity index (χ4n) is 0.439. The van der Waals surface area contributed by atoms with E-state index in [0.29, 0.717) is 0 Å². The lowest BCUT2D eigenvalue weighted by Gasteiger charge is -2.03. The van der Waals surface area contributed by atoms with Gasteiger partial charge in [-0.05, 0) is 26.4 Å². The van der Waals surface area contributed by atoms with Gasteiger partial charge in [0.05, 0.1) is 0 Å². The minimum atomic E-state index is -0.205. The maximum absolute atomic E-state index is 10.8. The van der Waals surface area contributed by atoms with Crippen LogP contribution in [-0.4, -0.2) is 24.6 Å². The van der Waals surface area contributed by atoms with Gasteiger partial charge in [-0.25, -0.2) is 4.79 Å². The average Bonchev–Trinajstić information content (AvgIpc) is 1.58. The number of urea groups is 1. The lowest BCUT2D eigenvalue weighted by Crippen LogP contribution is -2.27. The minimum Gasteiger partial charge on any atom is -0.334 e. The highest BCUT2D eigenvalue weighted by Crippen LogP contribution is 1.82. The number of nitrogens with zero attached hydrogens (tertiary/aromatic N) is 1. The van der Waals surface area contributed by atoms with Crippen molar-refractivity contribution in [3.8, 4) is 0 Å². The molecule has 0 saturated heterocycles. The number of carbonyl (C=O) groups excluding carboxylic acids is 1. The second-order valence-corrected chi connectivity index (χ2v) is 4.20. The molecule has 0 aliphatic rings. The van der Waals surface area contributed by atoms with Gasteiger partial charge < -0.3 is 5.32 Å². The van der Waals surface area contributed by atoms with E-state index >= 15 is 0 Å². The van der Waals surface area contributed by atoms with Crippen LogP contribution in [0.25, 0.3) is 0 Å². The third kappa shape index (κ3) is 5.75. The van der Waals surface area contributed by atoms with Gasteiger partial charge in [-0.2, -0.15) is 4.36 Å². The summed E-state index contributed by atoms with van der Waals surface area (Å²) in [7, 11) is -0.149. The van der Waals surface area contributed by atoms with Crippen molar-refractivity contribution in [1.29, 1.82) is 0 Å². The lowest BCUT2D eigenvalue weighted by molar-refractivity contribution is 0.247. The van der Waals surface area contributed by atoms with Crippen LogP contribution < -0.4 is 5.32 Å². The summed E-state index contributed by atoms with van der Waals surface area (Å²) < 4.78 is 3.80. The van der Waals surface area contributed by atoms with E-state index in [4.69, 9.17) is 0 Å². The van der Waals surface area contributed by atoms with Crippen molar-refractivity contribution in [3.05, 3.63) is 0 Å². The first-order valence-electron chi connectivity index (χ1n) is 3.12. The third-order valence-electron chi connectivity index (χ3n) is 0.678. The molecule has 0 aliphatic carbocycles. The summed E-state index contributed by atoms with van der Waals surface area (Å²) in [5, 5.41) is 2.68. The van der Waals surface area contributed by atoms with Gasteiger partial charge in [-0.1, -0.05) is 10.7 Å². The molecule has 3 nitrogen and oxygen atoms in total. The molecule has 0 atom stereocenters. The molecule has 0 aliphatic heterocycles. The zero-order valence-electron chi connectivity index (χ0n) is 6.84. The van der Waals surface area contributed by atoms with Crippen LogP contribution in [-0.2, 0) is 10.7 Å². The van der Waals surface area contributed by atoms with Gasteiger partial charge in [0.1, 0.15) is 0 Å². The molecule has 0 aromatic carbocycles. The van der Waals surface area contributed by atoms with E-state index in [1.54, 1.807) is 0 Å². The molecule has 0 radical (unpaired) electrons. The van der Waals surface area contributed by atoms with Crippen molar-refractivity contribution < 1.29 is 4.79 Å². The van der Waals surface area contributed by atoms with Crippen LogP contribution >= 0.6 is 0 Å². The van der Waals surface area contributed by atoms with E-state index in [2.05, 4.69) is 9.68 Å². The van der Waals surface area contributed by atoms with Crippen LogP contribution in [0.1, 0.15) is 13.8 Å². The molecule has 0 aromatic heterocycles. The Balaban J connectivity index is 3.76. The van der Waals surface area contributed by atoms with E-state index in [9.17, 15) is 4.79 Å². The van der Waals surface area contributed by atoms with Crippen LogP contribution in [0.2, 0.25) is 0 Å². The molecule has 0 unspecified atom stereocenters. The Morgan fingerprint density at radius 1 is 1.50 bits per heavy atom. The van der Waals surface area contributed by atoms with E-state index in [0.717, 1.165) is 0 Å². The Morgan fingerprint density at radius 2 is 2.00 bits per heavy atom. The molecule has 60 valence electrons. The van der Waals surface area contributed by atoms with Crippen LogP contribution in [0.4, 0.5) is 4.79 Å². The first-order chi connectivity index (χ1) is 4.52. The molecule has 0 bridgehead atoms. The molecular weight excluding hydrogens is 148 g/mol. The van der Waals surface area contributed by atoms with Crippen molar-refractivity contribution in [1.82, 2.24) is 5.32 Å². The Morgan fingerprint density at radius 3 is 2.30 bits per heavy atom. The first-order valence-corrected chi connectivity index (χ1v) is 5.12. The largest absolute Gasteiger partial charge is 0.347 e. The minimum absolute atomic E-state index is 0.149. The molecule has 1 N–H and O–H groups in total. The quantitative estimate of drug-likeness (QED) is 0.617. The Kier molecular flexibility index (Phi) is 4.27. The van der Waals surface area contributed by atoms with Crippen molar-refractivity contribution in [2.24, 2.45) is 4.36 Å². The normalized spacial score (nSPS) is 10.2. The Bertz CT molecular complexity index is 150. The number of carbonyl (C=O) groups is 1. The SMILES string of the molecule is CC(C)NC(=O)N=S(C)C. The van der Waals surface area contributed by atoms with E-state index in [-0.39, 0.29) is 22.8 Å². The fourth-order valence-corrected chi connectivity index (χ4v) is 0.823. The maximum Gasteiger partial charge on any atom is 0.347 e. The van der Waals surface area contributed by atoms with Crippen LogP contribution in [0.15, 0.2) is 4.36 Å². The summed E-state index contributed by atoms with van der Waals surface area (Å²) in [6.07, 6.45) is 3.81. The monoisotopic (exact) mass is 162 g/mol. The summed E-state index contributed by atoms with van der Waals surface area (Å²) in [5.41, 5.74) is 0. The second-order valence-electron chi connectivity index (χ2n) is 2.47. The van der Waals surface area contributed by atoms with Crippen molar-refractivity contribution >= 4 is 16.7 Å². The van der Waals surface area contributed by atoms with Gasteiger partial charge in [-0.3, -0.25) is 0 Å². The molecule has 4 heteroatoms. The molecule has 10 heavy (non-hydrogen) atoms. The van der Waals surface area contributed by atoms with Gasteiger partial charge in [0.2, 0.25) is 0 Å². The fraction of sp³-hybridized carbons (Fsp3) is 0.833. The molecular formula is C6H14N2OS. The standard InChI is InChI=1S/C6H14N2OS/c1-5(2)7-6(9)8-10(3)4/h5H,1-4H3,(H,7,9). The zero-order chi connectivity index (χ0) is 8.15. The molecule has 2 amide bonds. The summed E-state index contributed by atoms with van der Waals surface area (Å²) in [5.74, 6) is 0. The second kappa shape index (κ2) is 4.44. The predicted octanol–water partition coefficient (Wildman–Crippen LogP) is 1.17. The molecule has 0 fully saturated rings. The zero-order valence-corrected chi connectivity index (χ0v) is 7.66. The van der Waals surface area contributed by atoms with E-state index < -0.39 is 0 Å². The van der Waals surface area contributed by atoms with Crippen molar-refractivity contribution in [2.75, 3.05) is 12.5 Å². The summed E-state index contributed by atoms with van der Waals surface area (Å²) >= 11 is 0. The Labute approximate surface area is 64.3 Å². The number of hydrogen-bond acceptors (Lipinski definition) is 1. The highest BCUT2D eigenvalue weighted by molar-refractivity contribution is 7.86. The molecule has 0 rings (SSSR count). The van der Waals surface area contributed by atoms with Crippen LogP contribution in [0.3, 0.4) is 0 Å². The van der Waals surface area contributed by atoms with Gasteiger partial charge >= 0.3 is 6.03 Å². The van der Waals surface area contributed by atoms with Gasteiger partial charge in [0.15, 0.2) is 0 Å². The van der Waals surface area contributed by atoms with Gasteiger partial charge in [-0.15, -0.1) is 0 Å². The molecule has 0 saturated carbocycles. The topological polar surface area (TPSA) is 41.5 Å². The third-order valence-corrected chi connectivity index (χ3v) is 1.21. The Hall–Kier alpha value is -0.380. The average molecular weight is 162 g/mol. The number of hydrogen-bond donors (Lipinski definition) is 1. The van der Waals surface area contributed by atoms with Crippen LogP contribution in [0.5, 0.6) is 0 Å². The molecule has 0 spiro atoms. The highest BCUT2D eigenvalue weighted by atomic mass is 32.2. The first kappa shape index (κ1) is 9.62. The maximum atomic E-state index is 10.8. The lowest BCUT2D eigenvalue weighted by atomic mass is 10.4. The van der Waals surface area contributed by atoms with E-state index in [1.807, 2.05) is 26.4 Å². The predicted molar refractivity (Wildman–Crippen MR) is 45.3 cm³/mol. The van der Waals surface area contributed by atoms with Gasteiger partial charge in [0.25, 0.3) is 0 Å². The van der Waals surface area contributed by atoms with Gasteiger partial charge in [0, 0.05) is 6.04 Å². The number of rotatable bonds is 1. The number of nitrogens with one attached hydrogen (secondary N) is 1. The van der Waals surface area contributed by atoms with Crippen molar-refractivity contribution in [3.63, 3.8) is 0 Å². The van der Waals surface area contributed by atoms with Crippen molar-refractivity contribution in [2.45, 2.75) is 19.9 Å². The highest BCUT2D eigenvalue weighted by Gasteiger charge is 1.97. The molecule has 0 aromatic rings. The van der Waals surface area contributed by atoms with E-state index in [1.165, 1.54) is 0 Å². The summed E-state index contributed by atoms with van der Waals surface area (Å²) in [6, 6.07) is -0.0249. The van der Waals surface area contributed by atoms with Crippen LogP contribution in [0, 0.1) is 0 Å². The number of amides is 2. The summed E-state index contributed by atoms with van der Waals surface area (Å²) in [4.78, 5) is 10.8. The summed E-state index contributed by atoms with van der Waals surface area (Å²) in [6.45, 7) is 3.83.